The Bertz CT molecular complexity index is 443. The minimum atomic E-state index is -0.249. The molecule has 1 fully saturated rings. The van der Waals surface area contributed by atoms with Gasteiger partial charge in [-0.1, -0.05) is 23.7 Å². The third-order valence-electron chi connectivity index (χ3n) is 3.33. The first-order valence-corrected chi connectivity index (χ1v) is 6.81. The van der Waals surface area contributed by atoms with Crippen LogP contribution < -0.4 is 4.74 Å². The summed E-state index contributed by atoms with van der Waals surface area (Å²) in [5, 5.41) is 0.478. The Morgan fingerprint density at radius 2 is 1.86 bits per heavy atom. The van der Waals surface area contributed by atoms with Crippen LogP contribution >= 0.6 is 36.4 Å². The van der Waals surface area contributed by atoms with E-state index in [0.29, 0.717) is 17.3 Å². The Hall–Kier alpha value is -0.520. The molecule has 0 N–H and O–H groups in total. The summed E-state index contributed by atoms with van der Waals surface area (Å²) in [5.74, 6) is 0.226. The van der Waals surface area contributed by atoms with Gasteiger partial charge in [0.15, 0.2) is 5.75 Å². The Balaban J connectivity index is 0.00000200. The van der Waals surface area contributed by atoms with Crippen LogP contribution in [0.2, 0.25) is 5.02 Å². The first kappa shape index (κ1) is 20.5. The van der Waals surface area contributed by atoms with Crippen LogP contribution in [0.15, 0.2) is 18.2 Å². The molecule has 1 heterocycles. The fraction of sp³-hybridized carbons (Fsp3) is 0.500. The first-order valence-electron chi connectivity index (χ1n) is 6.43. The van der Waals surface area contributed by atoms with Gasteiger partial charge in [-0.2, -0.15) is 0 Å². The van der Waals surface area contributed by atoms with Crippen LogP contribution in [-0.4, -0.2) is 55.5 Å². The molecule has 120 valence electrons. The maximum atomic E-state index is 11.9. The zero-order chi connectivity index (χ0) is 13.8. The molecule has 0 saturated carbocycles. The van der Waals surface area contributed by atoms with Crippen molar-refractivity contribution >= 4 is 42.4 Å². The second kappa shape index (κ2) is 9.49. The van der Waals surface area contributed by atoms with Gasteiger partial charge >= 0.3 is 5.97 Å². The van der Waals surface area contributed by atoms with E-state index < -0.39 is 0 Å². The van der Waals surface area contributed by atoms with Gasteiger partial charge in [-0.3, -0.25) is 9.69 Å². The van der Waals surface area contributed by atoms with Crippen molar-refractivity contribution in [2.45, 2.75) is 6.92 Å². The number of rotatable bonds is 3. The Morgan fingerprint density at radius 1 is 1.24 bits per heavy atom. The average molecular weight is 356 g/mol. The summed E-state index contributed by atoms with van der Waals surface area (Å²) in [5.41, 5.74) is 0.874. The molecule has 7 heteroatoms. The minimum Gasteiger partial charge on any atom is -0.424 e. The summed E-state index contributed by atoms with van der Waals surface area (Å²) < 4.78 is 5.38. The van der Waals surface area contributed by atoms with Gasteiger partial charge in [-0.05, 0) is 25.6 Å². The minimum absolute atomic E-state index is 0. The van der Waals surface area contributed by atoms with Crippen LogP contribution in [0.5, 0.6) is 5.75 Å². The van der Waals surface area contributed by atoms with E-state index in [0.717, 1.165) is 31.7 Å². The van der Waals surface area contributed by atoms with Crippen molar-refractivity contribution in [3.8, 4) is 5.75 Å². The quantitative estimate of drug-likeness (QED) is 0.616. The molecule has 0 aliphatic carbocycles. The number of aryl methyl sites for hydroxylation is 1. The molecule has 1 saturated heterocycles. The fourth-order valence-corrected chi connectivity index (χ4v) is 2.34. The van der Waals surface area contributed by atoms with Crippen LogP contribution in [-0.2, 0) is 4.79 Å². The highest BCUT2D eigenvalue weighted by Crippen LogP contribution is 2.27. The van der Waals surface area contributed by atoms with E-state index in [9.17, 15) is 4.79 Å². The van der Waals surface area contributed by atoms with Crippen molar-refractivity contribution in [3.05, 3.63) is 28.8 Å². The lowest BCUT2D eigenvalue weighted by Gasteiger charge is -2.31. The molecular weight excluding hydrogens is 335 g/mol. The maximum Gasteiger partial charge on any atom is 0.325 e. The van der Waals surface area contributed by atoms with Crippen LogP contribution in [0.3, 0.4) is 0 Å². The van der Waals surface area contributed by atoms with Crippen molar-refractivity contribution < 1.29 is 9.53 Å². The number of ether oxygens (including phenoxy) is 1. The SMILES string of the molecule is Cc1cccc(Cl)c1OC(=O)CN1CCN(C)CC1.Cl.Cl. The number of hydrogen-bond acceptors (Lipinski definition) is 4. The van der Waals surface area contributed by atoms with Crippen LogP contribution in [0.4, 0.5) is 0 Å². The molecule has 0 radical (unpaired) electrons. The molecule has 0 spiro atoms. The van der Waals surface area contributed by atoms with E-state index in [1.807, 2.05) is 19.1 Å². The van der Waals surface area contributed by atoms with E-state index in [1.54, 1.807) is 6.07 Å². The molecule has 1 aromatic rings. The molecule has 1 aromatic carbocycles. The summed E-state index contributed by atoms with van der Waals surface area (Å²) in [6.07, 6.45) is 0. The van der Waals surface area contributed by atoms with Gasteiger partial charge in [0.1, 0.15) is 0 Å². The number of carbonyl (C=O) groups is 1. The monoisotopic (exact) mass is 354 g/mol. The number of benzene rings is 1. The largest absolute Gasteiger partial charge is 0.424 e. The van der Waals surface area contributed by atoms with Crippen LogP contribution in [0, 0.1) is 6.92 Å². The molecule has 0 amide bonds. The van der Waals surface area contributed by atoms with E-state index >= 15 is 0 Å². The number of esters is 1. The van der Waals surface area contributed by atoms with E-state index in [4.69, 9.17) is 16.3 Å². The van der Waals surface area contributed by atoms with Gasteiger partial charge in [-0.15, -0.1) is 24.8 Å². The van der Waals surface area contributed by atoms with Crippen molar-refractivity contribution in [1.82, 2.24) is 9.80 Å². The van der Waals surface area contributed by atoms with Gasteiger partial charge in [0.05, 0.1) is 11.6 Å². The molecule has 1 aliphatic heterocycles. The lowest BCUT2D eigenvalue weighted by atomic mass is 10.2. The number of nitrogens with zero attached hydrogens (tertiary/aromatic N) is 2. The third kappa shape index (κ3) is 6.01. The highest BCUT2D eigenvalue weighted by atomic mass is 35.5. The van der Waals surface area contributed by atoms with E-state index in [-0.39, 0.29) is 30.8 Å². The number of para-hydroxylation sites is 1. The van der Waals surface area contributed by atoms with Crippen molar-refractivity contribution in [2.75, 3.05) is 39.8 Å². The molecule has 1 aliphatic rings. The smallest absolute Gasteiger partial charge is 0.325 e. The number of halogens is 3. The van der Waals surface area contributed by atoms with Crippen molar-refractivity contribution in [3.63, 3.8) is 0 Å². The molecule has 4 nitrogen and oxygen atoms in total. The van der Waals surface area contributed by atoms with Crippen molar-refractivity contribution in [1.29, 1.82) is 0 Å². The van der Waals surface area contributed by atoms with Crippen LogP contribution in [0.25, 0.3) is 0 Å². The molecule has 0 unspecified atom stereocenters. The summed E-state index contributed by atoms with van der Waals surface area (Å²) >= 11 is 6.04. The summed E-state index contributed by atoms with van der Waals surface area (Å²) in [6, 6.07) is 5.45. The molecule has 0 bridgehead atoms. The lowest BCUT2D eigenvalue weighted by molar-refractivity contribution is -0.136. The third-order valence-corrected chi connectivity index (χ3v) is 3.63. The van der Waals surface area contributed by atoms with Gasteiger partial charge < -0.3 is 9.64 Å². The predicted molar refractivity (Wildman–Crippen MR) is 90.3 cm³/mol. The lowest BCUT2D eigenvalue weighted by Crippen LogP contribution is -2.46. The topological polar surface area (TPSA) is 32.8 Å². The van der Waals surface area contributed by atoms with E-state index in [2.05, 4.69) is 16.8 Å². The fourth-order valence-electron chi connectivity index (χ4n) is 2.08. The Labute approximate surface area is 143 Å². The molecule has 0 atom stereocenters. The highest BCUT2D eigenvalue weighted by Gasteiger charge is 2.18. The number of likely N-dealkylation sites (N-methyl/N-ethyl adjacent to an activating group) is 1. The number of carbonyl (C=O) groups excluding carboxylic acids is 1. The molecule has 0 aromatic heterocycles. The molecule has 2 rings (SSSR count). The predicted octanol–water partition coefficient (Wildman–Crippen LogP) is 2.64. The zero-order valence-corrected chi connectivity index (χ0v) is 14.6. The van der Waals surface area contributed by atoms with Gasteiger partial charge in [0.25, 0.3) is 0 Å². The molecular formula is C14H21Cl3N2O2. The summed E-state index contributed by atoms with van der Waals surface area (Å²) in [4.78, 5) is 16.3. The normalized spacial score (nSPS) is 15.8. The Kier molecular flexibility index (Phi) is 9.25. The summed E-state index contributed by atoms with van der Waals surface area (Å²) in [6.45, 7) is 5.96. The molecule has 21 heavy (non-hydrogen) atoms. The highest BCUT2D eigenvalue weighted by molar-refractivity contribution is 6.32. The summed E-state index contributed by atoms with van der Waals surface area (Å²) in [7, 11) is 2.09. The van der Waals surface area contributed by atoms with Crippen LogP contribution in [0.1, 0.15) is 5.56 Å². The zero-order valence-electron chi connectivity index (χ0n) is 12.2. The first-order chi connectivity index (χ1) is 9.06. The Morgan fingerprint density at radius 3 is 2.43 bits per heavy atom. The maximum absolute atomic E-state index is 11.9. The second-order valence-corrected chi connectivity index (χ2v) is 5.35. The van der Waals surface area contributed by atoms with Gasteiger partial charge in [0, 0.05) is 26.2 Å². The van der Waals surface area contributed by atoms with Gasteiger partial charge in [0.2, 0.25) is 0 Å². The number of hydrogen-bond donors (Lipinski definition) is 0. The van der Waals surface area contributed by atoms with Gasteiger partial charge in [-0.25, -0.2) is 0 Å². The second-order valence-electron chi connectivity index (χ2n) is 4.94. The number of piperazine rings is 1. The van der Waals surface area contributed by atoms with E-state index in [1.165, 1.54) is 0 Å². The average Bonchev–Trinajstić information content (AvgIpc) is 2.37. The van der Waals surface area contributed by atoms with Crippen molar-refractivity contribution in [2.24, 2.45) is 0 Å². The standard InChI is InChI=1S/C14H19ClN2O2.2ClH/c1-11-4-3-5-12(15)14(11)19-13(18)10-17-8-6-16(2)7-9-17;;/h3-5H,6-10H2,1-2H3;2*1H.